The van der Waals surface area contributed by atoms with Gasteiger partial charge in [-0.3, -0.25) is 15.0 Å². The van der Waals surface area contributed by atoms with Gasteiger partial charge in [-0.05, 0) is 24.3 Å². The van der Waals surface area contributed by atoms with Crippen LogP contribution in [-0.2, 0) is 6.42 Å². The van der Waals surface area contributed by atoms with Crippen molar-refractivity contribution >= 4 is 0 Å². The first-order valence-corrected chi connectivity index (χ1v) is 6.56. The summed E-state index contributed by atoms with van der Waals surface area (Å²) in [7, 11) is 0. The van der Waals surface area contributed by atoms with Crippen LogP contribution >= 0.6 is 0 Å². The third kappa shape index (κ3) is 2.77. The third-order valence-corrected chi connectivity index (χ3v) is 3.12. The van der Waals surface area contributed by atoms with E-state index in [1.807, 2.05) is 36.4 Å². The lowest BCUT2D eigenvalue weighted by Gasteiger charge is -2.10. The third-order valence-electron chi connectivity index (χ3n) is 3.12. The molecule has 0 fully saturated rings. The van der Waals surface area contributed by atoms with E-state index >= 15 is 0 Å². The second kappa shape index (κ2) is 5.93. The van der Waals surface area contributed by atoms with Crippen LogP contribution in [0.4, 0.5) is 0 Å². The smallest absolute Gasteiger partial charge is 0.0800 e. The van der Waals surface area contributed by atoms with Gasteiger partial charge in [0.05, 0.1) is 23.9 Å². The van der Waals surface area contributed by atoms with Gasteiger partial charge in [0, 0.05) is 41.5 Å². The van der Waals surface area contributed by atoms with Crippen molar-refractivity contribution in [1.82, 2.24) is 15.0 Å². The normalized spacial score (nSPS) is 10.0. The summed E-state index contributed by atoms with van der Waals surface area (Å²) in [5.41, 5.74) is 4.48. The molecule has 0 amide bonds. The van der Waals surface area contributed by atoms with Gasteiger partial charge in [0.2, 0.25) is 0 Å². The molecule has 100 valence electrons. The van der Waals surface area contributed by atoms with Crippen LogP contribution in [0.3, 0.4) is 0 Å². The molecule has 3 heterocycles. The topological polar surface area (TPSA) is 62.5 Å². The molecule has 0 unspecified atom stereocenters. The van der Waals surface area contributed by atoms with Gasteiger partial charge in [0.25, 0.3) is 0 Å². The molecule has 0 aliphatic rings. The molecule has 4 nitrogen and oxygen atoms in total. The van der Waals surface area contributed by atoms with Crippen LogP contribution in [0.2, 0.25) is 0 Å². The minimum atomic E-state index is 0.292. The van der Waals surface area contributed by atoms with Crippen molar-refractivity contribution in [2.24, 2.45) is 0 Å². The van der Waals surface area contributed by atoms with Gasteiger partial charge >= 0.3 is 0 Å². The number of pyridine rings is 3. The van der Waals surface area contributed by atoms with Crippen LogP contribution < -0.4 is 0 Å². The highest BCUT2D eigenvalue weighted by Crippen LogP contribution is 2.29. The van der Waals surface area contributed by atoms with E-state index in [2.05, 4.69) is 21.0 Å². The zero-order valence-corrected chi connectivity index (χ0v) is 11.3. The van der Waals surface area contributed by atoms with Crippen LogP contribution in [0.1, 0.15) is 5.69 Å². The van der Waals surface area contributed by atoms with Crippen molar-refractivity contribution in [3.05, 3.63) is 66.9 Å². The van der Waals surface area contributed by atoms with Crippen LogP contribution in [-0.4, -0.2) is 15.0 Å². The first kappa shape index (κ1) is 12.9. The number of nitriles is 1. The summed E-state index contributed by atoms with van der Waals surface area (Å²) in [5.74, 6) is 0. The van der Waals surface area contributed by atoms with Crippen molar-refractivity contribution in [2.75, 3.05) is 0 Å². The fourth-order valence-corrected chi connectivity index (χ4v) is 2.16. The minimum Gasteiger partial charge on any atom is -0.264 e. The van der Waals surface area contributed by atoms with Gasteiger partial charge in [-0.15, -0.1) is 0 Å². The molecule has 0 bridgehead atoms. The lowest BCUT2D eigenvalue weighted by molar-refractivity contribution is 1.12. The minimum absolute atomic E-state index is 0.292. The van der Waals surface area contributed by atoms with Crippen molar-refractivity contribution in [3.8, 4) is 28.5 Å². The average molecular weight is 272 g/mol. The number of hydrogen-bond donors (Lipinski definition) is 0. The van der Waals surface area contributed by atoms with E-state index in [4.69, 9.17) is 5.26 Å². The van der Waals surface area contributed by atoms with Gasteiger partial charge in [-0.2, -0.15) is 5.26 Å². The monoisotopic (exact) mass is 272 g/mol. The van der Waals surface area contributed by atoms with E-state index in [0.29, 0.717) is 6.42 Å². The Kier molecular flexibility index (Phi) is 3.66. The highest BCUT2D eigenvalue weighted by Gasteiger charge is 2.10. The standard InChI is InChI=1S/C17H12N4/c18-8-7-15-5-6-16(13-3-1-9-19-11-13)17(21-15)14-4-2-10-20-12-14/h1-6,9-12H,7H2. The van der Waals surface area contributed by atoms with Gasteiger partial charge in [0.15, 0.2) is 0 Å². The lowest BCUT2D eigenvalue weighted by Crippen LogP contribution is -1.95. The predicted molar refractivity (Wildman–Crippen MR) is 80.0 cm³/mol. The van der Waals surface area contributed by atoms with Crippen molar-refractivity contribution in [2.45, 2.75) is 6.42 Å². The molecule has 3 aromatic rings. The van der Waals surface area contributed by atoms with Crippen molar-refractivity contribution in [1.29, 1.82) is 5.26 Å². The summed E-state index contributed by atoms with van der Waals surface area (Å²) in [6.45, 7) is 0. The van der Waals surface area contributed by atoms with E-state index in [9.17, 15) is 0 Å². The maximum Gasteiger partial charge on any atom is 0.0800 e. The van der Waals surface area contributed by atoms with Gasteiger partial charge in [-0.25, -0.2) is 0 Å². The van der Waals surface area contributed by atoms with Crippen molar-refractivity contribution in [3.63, 3.8) is 0 Å². The number of hydrogen-bond acceptors (Lipinski definition) is 4. The maximum absolute atomic E-state index is 8.86. The molecule has 3 rings (SSSR count). The van der Waals surface area contributed by atoms with Crippen LogP contribution in [0.15, 0.2) is 61.2 Å². The molecule has 0 atom stereocenters. The molecule has 21 heavy (non-hydrogen) atoms. The Bertz CT molecular complexity index is 777. The first-order chi connectivity index (χ1) is 10.4. The van der Waals surface area contributed by atoms with Gasteiger partial charge < -0.3 is 0 Å². The molecule has 0 saturated carbocycles. The molecule has 0 aliphatic carbocycles. The quantitative estimate of drug-likeness (QED) is 0.734. The maximum atomic E-state index is 8.86. The summed E-state index contributed by atoms with van der Waals surface area (Å²) in [4.78, 5) is 12.9. The lowest BCUT2D eigenvalue weighted by atomic mass is 10.0. The van der Waals surface area contributed by atoms with Gasteiger partial charge in [0.1, 0.15) is 0 Å². The number of aromatic nitrogens is 3. The SMILES string of the molecule is N#CCc1ccc(-c2cccnc2)c(-c2cccnc2)n1. The number of nitrogens with zero attached hydrogens (tertiary/aromatic N) is 4. The zero-order chi connectivity index (χ0) is 14.5. The molecule has 0 radical (unpaired) electrons. The van der Waals surface area contributed by atoms with Crippen molar-refractivity contribution < 1.29 is 0 Å². The molecule has 0 aromatic carbocycles. The molecule has 0 aliphatic heterocycles. The summed E-state index contributed by atoms with van der Waals surface area (Å²) >= 11 is 0. The van der Waals surface area contributed by atoms with Crippen LogP contribution in [0.25, 0.3) is 22.4 Å². The van der Waals surface area contributed by atoms with E-state index in [1.165, 1.54) is 0 Å². The summed E-state index contributed by atoms with van der Waals surface area (Å²) in [6.07, 6.45) is 7.34. The zero-order valence-electron chi connectivity index (χ0n) is 11.3. The Morgan fingerprint density at radius 2 is 1.62 bits per heavy atom. The summed E-state index contributed by atoms with van der Waals surface area (Å²) in [6, 6.07) is 13.7. The van der Waals surface area contributed by atoms with Crippen LogP contribution in [0, 0.1) is 11.3 Å². The Morgan fingerprint density at radius 3 is 2.24 bits per heavy atom. The second-order valence-electron chi connectivity index (χ2n) is 4.52. The second-order valence-corrected chi connectivity index (χ2v) is 4.52. The molecular weight excluding hydrogens is 260 g/mol. The Balaban J connectivity index is 2.18. The summed E-state index contributed by atoms with van der Waals surface area (Å²) in [5, 5.41) is 8.86. The molecular formula is C17H12N4. The molecule has 0 spiro atoms. The van der Waals surface area contributed by atoms with E-state index in [0.717, 1.165) is 28.1 Å². The first-order valence-electron chi connectivity index (χ1n) is 6.56. The van der Waals surface area contributed by atoms with E-state index in [-0.39, 0.29) is 0 Å². The highest BCUT2D eigenvalue weighted by atomic mass is 14.7. The molecule has 4 heteroatoms. The fraction of sp³-hybridized carbons (Fsp3) is 0.0588. The predicted octanol–water partition coefficient (Wildman–Crippen LogP) is 3.27. The highest BCUT2D eigenvalue weighted by molar-refractivity contribution is 5.80. The fourth-order valence-electron chi connectivity index (χ4n) is 2.16. The molecule has 3 aromatic heterocycles. The molecule has 0 N–H and O–H groups in total. The Morgan fingerprint density at radius 1 is 0.905 bits per heavy atom. The largest absolute Gasteiger partial charge is 0.264 e. The van der Waals surface area contributed by atoms with E-state index < -0.39 is 0 Å². The summed E-state index contributed by atoms with van der Waals surface area (Å²) < 4.78 is 0. The average Bonchev–Trinajstić information content (AvgIpc) is 2.57. The van der Waals surface area contributed by atoms with Gasteiger partial charge in [-0.1, -0.05) is 12.1 Å². The Hall–Kier alpha value is -3.06. The van der Waals surface area contributed by atoms with E-state index in [1.54, 1.807) is 24.8 Å². The Labute approximate surface area is 122 Å². The number of rotatable bonds is 3. The van der Waals surface area contributed by atoms with Crippen LogP contribution in [0.5, 0.6) is 0 Å². The molecule has 0 saturated heterocycles.